The molecule has 0 N–H and O–H groups in total. The SMILES string of the molecule is CC(C)(C)OC(=O)C1(CCOB(P)S)CCC(=O)C1. The Morgan fingerprint density at radius 1 is 1.53 bits per heavy atom. The van der Waals surface area contributed by atoms with Gasteiger partial charge in [0, 0.05) is 19.4 Å². The summed E-state index contributed by atoms with van der Waals surface area (Å²) >= 11 is 4.10. The molecule has 4 nitrogen and oxygen atoms in total. The van der Waals surface area contributed by atoms with Crippen molar-refractivity contribution in [2.75, 3.05) is 6.61 Å². The second-order valence-electron chi connectivity index (χ2n) is 6.01. The highest BCUT2D eigenvalue weighted by Crippen LogP contribution is 2.41. The molecule has 108 valence electrons. The van der Waals surface area contributed by atoms with Gasteiger partial charge in [-0.05, 0) is 33.6 Å². The Kier molecular flexibility index (Phi) is 5.90. The van der Waals surface area contributed by atoms with E-state index in [0.717, 1.165) is 0 Å². The molecule has 0 aliphatic heterocycles. The molecule has 0 spiro atoms. The molecular formula is C12H22BO4PS. The van der Waals surface area contributed by atoms with Crippen molar-refractivity contribution in [2.24, 2.45) is 5.41 Å². The first-order valence-electron chi connectivity index (χ1n) is 6.45. The van der Waals surface area contributed by atoms with Crippen LogP contribution < -0.4 is 0 Å². The zero-order valence-corrected chi connectivity index (χ0v) is 13.8. The molecule has 1 aliphatic rings. The quantitative estimate of drug-likeness (QED) is 0.366. The van der Waals surface area contributed by atoms with Gasteiger partial charge in [0.05, 0.1) is 5.41 Å². The molecule has 0 heterocycles. The third-order valence-electron chi connectivity index (χ3n) is 3.12. The number of esters is 1. The Morgan fingerprint density at radius 2 is 2.16 bits per heavy atom. The smallest absolute Gasteiger partial charge is 0.380 e. The highest BCUT2D eigenvalue weighted by Gasteiger charge is 2.47. The van der Waals surface area contributed by atoms with Crippen molar-refractivity contribution in [3.05, 3.63) is 0 Å². The lowest BCUT2D eigenvalue weighted by atomic mass is 9.82. The maximum atomic E-state index is 12.3. The summed E-state index contributed by atoms with van der Waals surface area (Å²) in [6.45, 7) is 5.89. The van der Waals surface area contributed by atoms with Gasteiger partial charge < -0.3 is 9.39 Å². The number of carbonyl (C=O) groups is 2. The number of thiol groups is 1. The van der Waals surface area contributed by atoms with Gasteiger partial charge in [-0.1, -0.05) is 0 Å². The van der Waals surface area contributed by atoms with Crippen molar-refractivity contribution in [3.63, 3.8) is 0 Å². The second kappa shape index (κ2) is 6.60. The number of hydrogen-bond donors (Lipinski definition) is 1. The lowest BCUT2D eigenvalue weighted by Gasteiger charge is -2.30. The van der Waals surface area contributed by atoms with E-state index < -0.39 is 11.0 Å². The number of hydrogen-bond acceptors (Lipinski definition) is 5. The Morgan fingerprint density at radius 3 is 2.58 bits per heavy atom. The predicted octanol–water partition coefficient (Wildman–Crippen LogP) is 2.26. The van der Waals surface area contributed by atoms with Crippen molar-refractivity contribution in [1.82, 2.24) is 0 Å². The Bertz CT molecular complexity index is 356. The molecule has 1 rings (SSSR count). The van der Waals surface area contributed by atoms with Crippen LogP contribution in [0.25, 0.3) is 0 Å². The van der Waals surface area contributed by atoms with Crippen LogP contribution in [0, 0.1) is 5.41 Å². The molecule has 0 aromatic carbocycles. The van der Waals surface area contributed by atoms with Crippen LogP contribution in [-0.4, -0.2) is 29.9 Å². The number of ketones is 1. The topological polar surface area (TPSA) is 52.6 Å². The highest BCUT2D eigenvalue weighted by molar-refractivity contribution is 8.23. The number of ether oxygens (including phenoxy) is 1. The van der Waals surface area contributed by atoms with Crippen LogP contribution >= 0.6 is 21.6 Å². The molecule has 0 aromatic rings. The van der Waals surface area contributed by atoms with E-state index in [-0.39, 0.29) is 24.1 Å². The largest absolute Gasteiger partial charge is 0.460 e. The molecule has 19 heavy (non-hydrogen) atoms. The molecule has 0 bridgehead atoms. The summed E-state index contributed by atoms with van der Waals surface area (Å²) < 4.78 is 10.8. The van der Waals surface area contributed by atoms with Crippen molar-refractivity contribution < 1.29 is 19.0 Å². The Hall–Kier alpha value is -0.0551. The van der Waals surface area contributed by atoms with E-state index in [9.17, 15) is 9.59 Å². The average molecular weight is 304 g/mol. The molecule has 2 unspecified atom stereocenters. The van der Waals surface area contributed by atoms with Crippen LogP contribution in [0.4, 0.5) is 0 Å². The monoisotopic (exact) mass is 304 g/mol. The number of rotatable bonds is 5. The van der Waals surface area contributed by atoms with Gasteiger partial charge in [-0.15, -0.1) is 9.12 Å². The van der Waals surface area contributed by atoms with Crippen molar-refractivity contribution in [1.29, 1.82) is 0 Å². The van der Waals surface area contributed by atoms with E-state index in [1.54, 1.807) is 0 Å². The fourth-order valence-electron chi connectivity index (χ4n) is 2.18. The molecule has 2 atom stereocenters. The molecule has 7 heteroatoms. The maximum absolute atomic E-state index is 12.3. The van der Waals surface area contributed by atoms with Gasteiger partial charge in [0.2, 0.25) is 0 Å². The molecule has 0 aromatic heterocycles. The minimum Gasteiger partial charge on any atom is -0.460 e. The first kappa shape index (κ1) is 17.0. The first-order valence-corrected chi connectivity index (χ1v) is 7.63. The summed E-state index contributed by atoms with van der Waals surface area (Å²) in [6, 6.07) is 0. The molecule has 0 radical (unpaired) electrons. The van der Waals surface area contributed by atoms with E-state index in [2.05, 4.69) is 21.6 Å². The van der Waals surface area contributed by atoms with Crippen LogP contribution in [0.2, 0.25) is 0 Å². The van der Waals surface area contributed by atoms with Crippen LogP contribution in [-0.2, 0) is 19.0 Å². The summed E-state index contributed by atoms with van der Waals surface area (Å²) in [6.07, 6.45) is 1.76. The summed E-state index contributed by atoms with van der Waals surface area (Å²) in [4.78, 5) is 23.9. The van der Waals surface area contributed by atoms with Crippen LogP contribution in [0.5, 0.6) is 0 Å². The molecule has 1 saturated carbocycles. The Balaban J connectivity index is 2.71. The van der Waals surface area contributed by atoms with E-state index >= 15 is 0 Å². The lowest BCUT2D eigenvalue weighted by molar-refractivity contribution is -0.168. The standard InChI is InChI=1S/C12H22BO4PS/c1-11(2,3)17-10(15)12(5-4-9(14)8-12)6-7-16-13(18)19/h19H,4-8,18H2,1-3H3. The first-order chi connectivity index (χ1) is 8.65. The summed E-state index contributed by atoms with van der Waals surface area (Å²) in [7, 11) is 2.42. The van der Waals surface area contributed by atoms with E-state index in [4.69, 9.17) is 9.39 Å². The molecule has 1 fully saturated rings. The van der Waals surface area contributed by atoms with Gasteiger partial charge >= 0.3 is 11.9 Å². The fraction of sp³-hybridized carbons (Fsp3) is 0.833. The van der Waals surface area contributed by atoms with E-state index in [1.165, 1.54) is 0 Å². The van der Waals surface area contributed by atoms with Crippen LogP contribution in [0.1, 0.15) is 46.5 Å². The zero-order valence-electron chi connectivity index (χ0n) is 11.8. The highest BCUT2D eigenvalue weighted by atomic mass is 32.1. The average Bonchev–Trinajstić information content (AvgIpc) is 2.58. The van der Waals surface area contributed by atoms with Gasteiger partial charge in [0.25, 0.3) is 0 Å². The predicted molar refractivity (Wildman–Crippen MR) is 82.2 cm³/mol. The normalized spacial score (nSPS) is 23.5. The van der Waals surface area contributed by atoms with Crippen molar-refractivity contribution in [3.8, 4) is 0 Å². The van der Waals surface area contributed by atoms with Gasteiger partial charge in [-0.3, -0.25) is 9.59 Å². The van der Waals surface area contributed by atoms with Gasteiger partial charge in [-0.25, -0.2) is 0 Å². The van der Waals surface area contributed by atoms with E-state index in [1.807, 2.05) is 20.8 Å². The summed E-state index contributed by atoms with van der Waals surface area (Å²) in [5, 5.41) is 0. The van der Waals surface area contributed by atoms with Crippen molar-refractivity contribution in [2.45, 2.75) is 52.1 Å². The van der Waals surface area contributed by atoms with Crippen LogP contribution in [0.3, 0.4) is 0 Å². The summed E-state index contributed by atoms with van der Waals surface area (Å²) in [5.41, 5.74) is -1.25. The second-order valence-corrected chi connectivity index (χ2v) is 7.68. The number of carbonyl (C=O) groups excluding carboxylic acids is 2. The fourth-order valence-corrected chi connectivity index (χ4v) is 2.43. The molecule has 1 aliphatic carbocycles. The lowest BCUT2D eigenvalue weighted by Crippen LogP contribution is -2.37. The molecule has 0 saturated heterocycles. The maximum Gasteiger partial charge on any atom is 0.380 e. The Labute approximate surface area is 122 Å². The zero-order chi connectivity index (χ0) is 14.7. The van der Waals surface area contributed by atoms with Crippen LogP contribution in [0.15, 0.2) is 0 Å². The molecule has 0 amide bonds. The minimum atomic E-state index is -0.711. The van der Waals surface area contributed by atoms with Gasteiger partial charge in [0.1, 0.15) is 11.4 Å². The third-order valence-corrected chi connectivity index (χ3v) is 3.46. The van der Waals surface area contributed by atoms with Crippen molar-refractivity contribution >= 4 is 39.3 Å². The summed E-state index contributed by atoms with van der Waals surface area (Å²) in [5.74, 6) is -0.416. The van der Waals surface area contributed by atoms with Gasteiger partial charge in [-0.2, -0.15) is 12.5 Å². The molecular weight excluding hydrogens is 282 g/mol. The van der Waals surface area contributed by atoms with Gasteiger partial charge in [0.15, 0.2) is 0 Å². The minimum absolute atomic E-state index is 0.124. The number of Topliss-reactive ketones (excluding diaryl/α,β-unsaturated/α-hetero) is 1. The third kappa shape index (κ3) is 5.45. The van der Waals surface area contributed by atoms with E-state index in [0.29, 0.717) is 25.9 Å².